The zero-order valence-corrected chi connectivity index (χ0v) is 17.1. The van der Waals surface area contributed by atoms with Crippen molar-refractivity contribution in [3.8, 4) is 5.69 Å². The van der Waals surface area contributed by atoms with Crippen LogP contribution in [0, 0.1) is 27.7 Å². The van der Waals surface area contributed by atoms with E-state index in [4.69, 9.17) is 0 Å². The minimum atomic E-state index is -0.308. The maximum Gasteiger partial charge on any atom is 0.237 e. The van der Waals surface area contributed by atoms with E-state index in [1.165, 1.54) is 17.3 Å². The molecule has 0 saturated heterocycles. The Morgan fingerprint density at radius 2 is 1.78 bits per heavy atom. The molecule has 0 bridgehead atoms. The molecule has 1 aromatic heterocycles. The van der Waals surface area contributed by atoms with Crippen molar-refractivity contribution in [1.82, 2.24) is 14.8 Å². The molecule has 0 aliphatic carbocycles. The van der Waals surface area contributed by atoms with Gasteiger partial charge in [-0.25, -0.2) is 0 Å². The van der Waals surface area contributed by atoms with Crippen molar-refractivity contribution in [2.24, 2.45) is 0 Å². The molecule has 6 heteroatoms. The average Bonchev–Trinajstić information content (AvgIpc) is 2.98. The van der Waals surface area contributed by atoms with Gasteiger partial charge in [0.05, 0.1) is 10.9 Å². The maximum atomic E-state index is 12.7. The third kappa shape index (κ3) is 4.22. The topological polar surface area (TPSA) is 59.8 Å². The Hall–Kier alpha value is -2.60. The van der Waals surface area contributed by atoms with Crippen molar-refractivity contribution >= 4 is 23.4 Å². The Morgan fingerprint density at radius 3 is 2.48 bits per heavy atom. The smallest absolute Gasteiger partial charge is 0.237 e. The van der Waals surface area contributed by atoms with E-state index in [0.29, 0.717) is 5.16 Å². The number of thioether (sulfide) groups is 1. The van der Waals surface area contributed by atoms with Gasteiger partial charge in [0.15, 0.2) is 5.16 Å². The third-order valence-electron chi connectivity index (χ3n) is 4.44. The van der Waals surface area contributed by atoms with Crippen LogP contribution in [0.25, 0.3) is 5.69 Å². The summed E-state index contributed by atoms with van der Waals surface area (Å²) in [6.07, 6.45) is 0. The van der Waals surface area contributed by atoms with Crippen molar-refractivity contribution in [2.75, 3.05) is 5.32 Å². The Morgan fingerprint density at radius 1 is 1.04 bits per heavy atom. The highest BCUT2D eigenvalue weighted by Crippen LogP contribution is 2.28. The van der Waals surface area contributed by atoms with E-state index in [9.17, 15) is 4.79 Å². The van der Waals surface area contributed by atoms with Crippen molar-refractivity contribution < 1.29 is 4.79 Å². The normalized spacial score (nSPS) is 12.0. The number of nitrogens with one attached hydrogen (secondary N) is 1. The Balaban J connectivity index is 1.79. The number of carbonyl (C=O) groups excluding carboxylic acids is 1. The SMILES string of the molecule is Cc1ccc(NC(=O)C(C)Sc2nnc(C)n2-c2ccccc2C)c(C)c1. The average molecular weight is 381 g/mol. The lowest BCUT2D eigenvalue weighted by Gasteiger charge is -2.15. The first-order chi connectivity index (χ1) is 12.9. The van der Waals surface area contributed by atoms with Crippen LogP contribution in [0.4, 0.5) is 5.69 Å². The lowest BCUT2D eigenvalue weighted by Crippen LogP contribution is -2.23. The van der Waals surface area contributed by atoms with Crippen molar-refractivity contribution in [3.63, 3.8) is 0 Å². The number of aromatic nitrogens is 3. The van der Waals surface area contributed by atoms with Crippen LogP contribution in [0.3, 0.4) is 0 Å². The molecule has 27 heavy (non-hydrogen) atoms. The van der Waals surface area contributed by atoms with Crippen LogP contribution in [0.1, 0.15) is 29.4 Å². The minimum absolute atomic E-state index is 0.0519. The molecule has 1 unspecified atom stereocenters. The molecule has 1 amide bonds. The molecule has 1 atom stereocenters. The molecule has 5 nitrogen and oxygen atoms in total. The third-order valence-corrected chi connectivity index (χ3v) is 5.49. The predicted molar refractivity (Wildman–Crippen MR) is 111 cm³/mol. The van der Waals surface area contributed by atoms with Gasteiger partial charge in [-0.15, -0.1) is 10.2 Å². The summed E-state index contributed by atoms with van der Waals surface area (Å²) in [7, 11) is 0. The summed E-state index contributed by atoms with van der Waals surface area (Å²) in [6, 6.07) is 14.1. The van der Waals surface area contributed by atoms with Crippen LogP contribution in [0.15, 0.2) is 47.6 Å². The monoisotopic (exact) mass is 380 g/mol. The minimum Gasteiger partial charge on any atom is -0.325 e. The Labute approximate surface area is 164 Å². The highest BCUT2D eigenvalue weighted by molar-refractivity contribution is 8.00. The summed E-state index contributed by atoms with van der Waals surface area (Å²) in [5.74, 6) is 0.748. The largest absolute Gasteiger partial charge is 0.325 e. The molecule has 0 fully saturated rings. The van der Waals surface area contributed by atoms with Gasteiger partial charge in [-0.05, 0) is 57.9 Å². The van der Waals surface area contributed by atoms with Crippen LogP contribution in [0.5, 0.6) is 0 Å². The van der Waals surface area contributed by atoms with E-state index < -0.39 is 0 Å². The number of anilines is 1. The van der Waals surface area contributed by atoms with Crippen LogP contribution in [-0.4, -0.2) is 25.9 Å². The second-order valence-electron chi connectivity index (χ2n) is 6.72. The molecule has 0 aliphatic rings. The first kappa shape index (κ1) is 19.2. The maximum absolute atomic E-state index is 12.7. The van der Waals surface area contributed by atoms with Crippen molar-refractivity contribution in [1.29, 1.82) is 0 Å². The summed E-state index contributed by atoms with van der Waals surface area (Å²) in [5.41, 5.74) is 5.24. The van der Waals surface area contributed by atoms with E-state index >= 15 is 0 Å². The Kier molecular flexibility index (Phi) is 5.65. The Bertz CT molecular complexity index is 980. The van der Waals surface area contributed by atoms with E-state index in [2.05, 4.69) is 34.6 Å². The van der Waals surface area contributed by atoms with Crippen LogP contribution in [-0.2, 0) is 4.79 Å². The number of carbonyl (C=O) groups is 1. The summed E-state index contributed by atoms with van der Waals surface area (Å²) in [6.45, 7) is 9.90. The highest BCUT2D eigenvalue weighted by atomic mass is 32.2. The van der Waals surface area contributed by atoms with Gasteiger partial charge in [0.2, 0.25) is 5.91 Å². The van der Waals surface area contributed by atoms with E-state index in [0.717, 1.165) is 28.3 Å². The number of nitrogens with zero attached hydrogens (tertiary/aromatic N) is 3. The van der Waals surface area contributed by atoms with E-state index in [1.807, 2.05) is 62.6 Å². The molecular weight excluding hydrogens is 356 g/mol. The van der Waals surface area contributed by atoms with Crippen molar-refractivity contribution in [2.45, 2.75) is 45.0 Å². The number of amides is 1. The number of benzene rings is 2. The molecule has 0 spiro atoms. The quantitative estimate of drug-likeness (QED) is 0.656. The fourth-order valence-corrected chi connectivity index (χ4v) is 3.82. The lowest BCUT2D eigenvalue weighted by atomic mass is 10.1. The molecule has 1 N–H and O–H groups in total. The number of hydrogen-bond acceptors (Lipinski definition) is 4. The molecular formula is C21H24N4OS. The molecule has 140 valence electrons. The van der Waals surface area contributed by atoms with Gasteiger partial charge >= 0.3 is 0 Å². The second-order valence-corrected chi connectivity index (χ2v) is 8.03. The zero-order valence-electron chi connectivity index (χ0n) is 16.3. The van der Waals surface area contributed by atoms with Gasteiger partial charge in [-0.3, -0.25) is 9.36 Å². The summed E-state index contributed by atoms with van der Waals surface area (Å²) < 4.78 is 2.00. The van der Waals surface area contributed by atoms with Crippen LogP contribution >= 0.6 is 11.8 Å². The lowest BCUT2D eigenvalue weighted by molar-refractivity contribution is -0.115. The van der Waals surface area contributed by atoms with Gasteiger partial charge in [-0.2, -0.15) is 0 Å². The molecule has 3 rings (SSSR count). The van der Waals surface area contributed by atoms with Gasteiger partial charge < -0.3 is 5.32 Å². The van der Waals surface area contributed by atoms with E-state index in [1.54, 1.807) is 0 Å². The molecule has 0 aliphatic heterocycles. The van der Waals surface area contributed by atoms with E-state index in [-0.39, 0.29) is 11.2 Å². The number of hydrogen-bond donors (Lipinski definition) is 1. The van der Waals surface area contributed by atoms with Gasteiger partial charge in [-0.1, -0.05) is 47.7 Å². The fourth-order valence-electron chi connectivity index (χ4n) is 2.91. The molecule has 0 saturated carbocycles. The summed E-state index contributed by atoms with van der Waals surface area (Å²) in [5, 5.41) is 11.9. The molecule has 1 heterocycles. The molecule has 2 aromatic carbocycles. The van der Waals surface area contributed by atoms with Crippen molar-refractivity contribution in [3.05, 3.63) is 65.0 Å². The highest BCUT2D eigenvalue weighted by Gasteiger charge is 2.21. The second kappa shape index (κ2) is 7.96. The number of rotatable bonds is 5. The van der Waals surface area contributed by atoms with Crippen LogP contribution < -0.4 is 5.32 Å². The standard InChI is InChI=1S/C21H24N4OS/c1-13-10-11-18(15(3)12-13)22-20(26)16(4)27-21-24-23-17(5)25(21)19-9-7-6-8-14(19)2/h6-12,16H,1-5H3,(H,22,26). The number of aryl methyl sites for hydroxylation is 4. The zero-order chi connectivity index (χ0) is 19.6. The number of para-hydroxylation sites is 1. The molecule has 3 aromatic rings. The summed E-state index contributed by atoms with van der Waals surface area (Å²) >= 11 is 1.41. The predicted octanol–water partition coefficient (Wildman–Crippen LogP) is 4.62. The first-order valence-corrected chi connectivity index (χ1v) is 9.77. The van der Waals surface area contributed by atoms with Gasteiger partial charge in [0.1, 0.15) is 5.82 Å². The van der Waals surface area contributed by atoms with Gasteiger partial charge in [0, 0.05) is 5.69 Å². The van der Waals surface area contributed by atoms with Gasteiger partial charge in [0.25, 0.3) is 0 Å². The summed E-state index contributed by atoms with van der Waals surface area (Å²) in [4.78, 5) is 12.7. The van der Waals surface area contributed by atoms with Crippen LogP contribution in [0.2, 0.25) is 0 Å². The fraction of sp³-hybridized carbons (Fsp3) is 0.286. The first-order valence-electron chi connectivity index (χ1n) is 8.89. The molecule has 0 radical (unpaired) electrons.